The Labute approximate surface area is 170 Å². The lowest BCUT2D eigenvalue weighted by molar-refractivity contribution is 1.03. The standard InChI is InChI=1S/C20H28N6P2/c1-20(27(14-2-8-21,15-3-9-22)16-4-10-23)28(17-5-11-24,18-6-12-25)19-7-13-26/h20H,2-7,14-19H2,1H3/q+2. The van der Waals surface area contributed by atoms with Crippen molar-refractivity contribution in [2.24, 2.45) is 0 Å². The van der Waals surface area contributed by atoms with Crippen LogP contribution < -0.4 is 0 Å². The molecule has 0 fully saturated rings. The summed E-state index contributed by atoms with van der Waals surface area (Å²) < 4.78 is 0. The summed E-state index contributed by atoms with van der Waals surface area (Å²) in [6, 6.07) is 13.4. The Hall–Kier alpha value is -2.20. The van der Waals surface area contributed by atoms with Gasteiger partial charge in [-0.3, -0.25) is 0 Å². The van der Waals surface area contributed by atoms with E-state index >= 15 is 0 Å². The molecule has 0 aromatic carbocycles. The molecule has 0 N–H and O–H groups in total. The van der Waals surface area contributed by atoms with Crippen LogP contribution in [0.15, 0.2) is 0 Å². The van der Waals surface area contributed by atoms with E-state index < -0.39 is 14.5 Å². The van der Waals surface area contributed by atoms with Gasteiger partial charge in [-0.1, -0.05) is 0 Å². The summed E-state index contributed by atoms with van der Waals surface area (Å²) in [5.74, 6) is 0. The molecular weight excluding hydrogens is 386 g/mol. The van der Waals surface area contributed by atoms with Crippen molar-refractivity contribution in [2.75, 3.05) is 37.0 Å². The third-order valence-corrected chi connectivity index (χ3v) is 18.4. The van der Waals surface area contributed by atoms with E-state index in [1.165, 1.54) is 0 Å². The fourth-order valence-corrected chi connectivity index (χ4v) is 17.0. The zero-order valence-electron chi connectivity index (χ0n) is 16.6. The minimum absolute atomic E-state index is 0.199. The first-order chi connectivity index (χ1) is 13.5. The monoisotopic (exact) mass is 414 g/mol. The predicted octanol–water partition coefficient (Wildman–Crippen LogP) is 4.85. The number of hydrogen-bond donors (Lipinski definition) is 0. The number of nitriles is 6. The first kappa shape index (κ1) is 25.8. The normalized spacial score (nSPS) is 10.7. The fraction of sp³-hybridized carbons (Fsp3) is 0.700. The smallest absolute Gasteiger partial charge is 0.166 e. The molecule has 0 aromatic heterocycles. The third kappa shape index (κ3) is 7.81. The van der Waals surface area contributed by atoms with Crippen molar-refractivity contribution in [2.45, 2.75) is 50.8 Å². The Morgan fingerprint density at radius 3 is 0.786 bits per heavy atom. The third-order valence-electron chi connectivity index (χ3n) is 5.60. The topological polar surface area (TPSA) is 143 Å². The molecule has 0 aliphatic rings. The molecule has 0 amide bonds. The molecular formula is C20H28N6P2+2. The zero-order valence-corrected chi connectivity index (χ0v) is 18.4. The number of rotatable bonds is 14. The molecule has 0 saturated heterocycles. The number of hydrogen-bond acceptors (Lipinski definition) is 6. The molecule has 146 valence electrons. The van der Waals surface area contributed by atoms with Crippen molar-refractivity contribution in [1.29, 1.82) is 31.6 Å². The summed E-state index contributed by atoms with van der Waals surface area (Å²) in [5.41, 5.74) is 0. The Bertz CT molecular complexity index is 570. The van der Waals surface area contributed by atoms with Crippen LogP contribution in [0.4, 0.5) is 0 Å². The Morgan fingerprint density at radius 1 is 0.464 bits per heavy atom. The van der Waals surface area contributed by atoms with Gasteiger partial charge < -0.3 is 0 Å². The van der Waals surface area contributed by atoms with Gasteiger partial charge in [-0.15, -0.1) is 0 Å². The van der Waals surface area contributed by atoms with Crippen LogP contribution in [-0.2, 0) is 0 Å². The molecule has 0 saturated carbocycles. The molecule has 0 aliphatic heterocycles. The van der Waals surface area contributed by atoms with Crippen LogP contribution in [0, 0.1) is 68.0 Å². The van der Waals surface area contributed by atoms with Crippen LogP contribution in [0.5, 0.6) is 0 Å². The van der Waals surface area contributed by atoms with E-state index in [-0.39, 0.29) is 5.40 Å². The molecule has 28 heavy (non-hydrogen) atoms. The summed E-state index contributed by atoms with van der Waals surface area (Å²) in [5, 5.41) is 55.4. The van der Waals surface area contributed by atoms with Crippen LogP contribution in [-0.4, -0.2) is 42.4 Å². The van der Waals surface area contributed by atoms with Gasteiger partial charge >= 0.3 is 0 Å². The molecule has 6 nitrogen and oxygen atoms in total. The lowest BCUT2D eigenvalue weighted by atomic mass is 10.5. The average Bonchev–Trinajstić information content (AvgIpc) is 2.73. The minimum Gasteiger partial charge on any atom is -0.198 e. The molecule has 0 aliphatic carbocycles. The van der Waals surface area contributed by atoms with Crippen LogP contribution in [0.1, 0.15) is 45.4 Å². The van der Waals surface area contributed by atoms with Crippen LogP contribution in [0.3, 0.4) is 0 Å². The van der Waals surface area contributed by atoms with Gasteiger partial charge in [0, 0.05) is 6.92 Å². The Kier molecular flexibility index (Phi) is 13.6. The van der Waals surface area contributed by atoms with Crippen LogP contribution in [0.25, 0.3) is 0 Å². The van der Waals surface area contributed by atoms with Crippen LogP contribution >= 0.6 is 14.5 Å². The fourth-order valence-electron chi connectivity index (χ4n) is 3.95. The largest absolute Gasteiger partial charge is 0.198 e. The van der Waals surface area contributed by atoms with E-state index in [1.807, 2.05) is 0 Å². The summed E-state index contributed by atoms with van der Waals surface area (Å²) in [6.07, 6.45) is 6.61. The molecule has 0 radical (unpaired) electrons. The zero-order chi connectivity index (χ0) is 21.3. The Morgan fingerprint density at radius 2 is 0.643 bits per heavy atom. The number of nitrogens with zero attached hydrogens (tertiary/aromatic N) is 6. The average molecular weight is 414 g/mol. The maximum Gasteiger partial charge on any atom is 0.166 e. The highest BCUT2D eigenvalue weighted by Crippen LogP contribution is 2.80. The van der Waals surface area contributed by atoms with Crippen molar-refractivity contribution in [3.8, 4) is 36.4 Å². The van der Waals surface area contributed by atoms with Gasteiger partial charge in [0.15, 0.2) is 5.40 Å². The highest BCUT2D eigenvalue weighted by Gasteiger charge is 2.57. The second kappa shape index (κ2) is 14.8. The molecule has 0 unspecified atom stereocenters. The van der Waals surface area contributed by atoms with Crippen LogP contribution in [0.2, 0.25) is 0 Å². The molecule has 0 atom stereocenters. The van der Waals surface area contributed by atoms with Crippen molar-refractivity contribution < 1.29 is 0 Å². The summed E-state index contributed by atoms with van der Waals surface area (Å²) in [6.45, 7) is 2.17. The van der Waals surface area contributed by atoms with E-state index in [2.05, 4.69) is 43.3 Å². The Balaban J connectivity index is 6.26. The van der Waals surface area contributed by atoms with E-state index in [4.69, 9.17) is 0 Å². The summed E-state index contributed by atoms with van der Waals surface area (Å²) in [4.78, 5) is 0. The molecule has 0 bridgehead atoms. The van der Waals surface area contributed by atoms with Gasteiger partial charge in [-0.2, -0.15) is 31.6 Å². The molecule has 0 rings (SSSR count). The van der Waals surface area contributed by atoms with Gasteiger partial charge in [0.2, 0.25) is 0 Å². The van der Waals surface area contributed by atoms with E-state index in [0.29, 0.717) is 75.5 Å². The van der Waals surface area contributed by atoms with Gasteiger partial charge in [0.25, 0.3) is 0 Å². The van der Waals surface area contributed by atoms with E-state index in [1.54, 1.807) is 0 Å². The van der Waals surface area contributed by atoms with E-state index in [9.17, 15) is 31.6 Å². The molecule has 0 spiro atoms. The quantitative estimate of drug-likeness (QED) is 0.372. The summed E-state index contributed by atoms with van der Waals surface area (Å²) >= 11 is 0. The van der Waals surface area contributed by atoms with Crippen molar-refractivity contribution >= 4 is 14.5 Å². The van der Waals surface area contributed by atoms with Gasteiger partial charge in [-0.05, 0) is 0 Å². The first-order valence-electron chi connectivity index (χ1n) is 9.45. The maximum absolute atomic E-state index is 9.21. The lowest BCUT2D eigenvalue weighted by Crippen LogP contribution is -2.27. The van der Waals surface area contributed by atoms with Crippen molar-refractivity contribution in [3.05, 3.63) is 0 Å². The van der Waals surface area contributed by atoms with Crippen molar-refractivity contribution in [1.82, 2.24) is 0 Å². The predicted molar refractivity (Wildman–Crippen MR) is 114 cm³/mol. The molecule has 0 heterocycles. The highest BCUT2D eigenvalue weighted by atomic mass is 31.2. The van der Waals surface area contributed by atoms with Crippen molar-refractivity contribution in [3.63, 3.8) is 0 Å². The second-order valence-corrected chi connectivity index (χ2v) is 16.4. The van der Waals surface area contributed by atoms with Gasteiger partial charge in [0.1, 0.15) is 0 Å². The van der Waals surface area contributed by atoms with Gasteiger partial charge in [-0.25, -0.2) is 0 Å². The second-order valence-electron chi connectivity index (χ2n) is 6.86. The highest BCUT2D eigenvalue weighted by molar-refractivity contribution is 7.93. The lowest BCUT2D eigenvalue weighted by Gasteiger charge is -2.39. The maximum atomic E-state index is 9.21. The minimum atomic E-state index is -1.83. The van der Waals surface area contributed by atoms with Gasteiger partial charge in [0.05, 0.1) is 126 Å². The van der Waals surface area contributed by atoms with E-state index in [0.717, 1.165) is 0 Å². The summed E-state index contributed by atoms with van der Waals surface area (Å²) in [7, 11) is -3.65. The SMILES string of the molecule is CC([P+](CCC#N)(CCC#N)CCC#N)[P+](CCC#N)(CCC#N)CCC#N. The molecule has 0 aromatic rings. The first-order valence-corrected chi connectivity index (χ1v) is 14.3. The molecule has 8 heteroatoms.